The van der Waals surface area contributed by atoms with Crippen molar-refractivity contribution in [1.29, 1.82) is 0 Å². The molecule has 0 amide bonds. The van der Waals surface area contributed by atoms with E-state index >= 15 is 0 Å². The van der Waals surface area contributed by atoms with Gasteiger partial charge >= 0.3 is 0 Å². The first-order valence-corrected chi connectivity index (χ1v) is 13.9. The van der Waals surface area contributed by atoms with E-state index in [4.69, 9.17) is 19.9 Å². The van der Waals surface area contributed by atoms with Crippen molar-refractivity contribution in [2.45, 2.75) is 26.2 Å². The van der Waals surface area contributed by atoms with Crippen LogP contribution in [0.2, 0.25) is 0 Å². The minimum Gasteiger partial charge on any atom is -0.395 e. The van der Waals surface area contributed by atoms with Crippen molar-refractivity contribution in [2.24, 2.45) is 0 Å². The van der Waals surface area contributed by atoms with E-state index in [1.165, 1.54) is 17.7 Å². The maximum atomic E-state index is 9.46. The van der Waals surface area contributed by atoms with E-state index in [0.29, 0.717) is 6.54 Å². The summed E-state index contributed by atoms with van der Waals surface area (Å²) in [6.07, 6.45) is 5.58. The Morgan fingerprint density at radius 3 is 2.44 bits per heavy atom. The molecule has 2 N–H and O–H groups in total. The molecule has 2 aromatic heterocycles. The van der Waals surface area contributed by atoms with Crippen LogP contribution in [-0.2, 0) is 0 Å². The van der Waals surface area contributed by atoms with E-state index in [2.05, 4.69) is 39.1 Å². The van der Waals surface area contributed by atoms with Gasteiger partial charge in [0.05, 0.1) is 12.3 Å². The van der Waals surface area contributed by atoms with Crippen LogP contribution >= 0.6 is 11.8 Å². The third-order valence-corrected chi connectivity index (χ3v) is 7.82. The third kappa shape index (κ3) is 6.01. The number of aryl methyl sites for hydroxylation is 1. The van der Waals surface area contributed by atoms with Gasteiger partial charge in [-0.1, -0.05) is 0 Å². The topological polar surface area (TPSA) is 96.8 Å². The summed E-state index contributed by atoms with van der Waals surface area (Å²) in [7, 11) is 1.96. The molecule has 0 bridgehead atoms. The molecule has 5 rings (SSSR count). The Hall–Kier alpha value is -2.63. The summed E-state index contributed by atoms with van der Waals surface area (Å²) in [4.78, 5) is 29.7. The van der Waals surface area contributed by atoms with Gasteiger partial charge in [0.15, 0.2) is 0 Å². The van der Waals surface area contributed by atoms with Gasteiger partial charge in [0.25, 0.3) is 0 Å². The second-order valence-electron chi connectivity index (χ2n) is 9.61. The number of aliphatic hydroxyl groups is 1. The van der Waals surface area contributed by atoms with Gasteiger partial charge in [-0.25, -0.2) is 9.97 Å². The minimum absolute atomic E-state index is 0.0858. The molecule has 3 saturated heterocycles. The maximum Gasteiger partial charge on any atom is 0.227 e. The molecule has 0 aliphatic carbocycles. The van der Waals surface area contributed by atoms with Crippen LogP contribution in [0.4, 0.5) is 23.5 Å². The predicted octanol–water partition coefficient (Wildman–Crippen LogP) is 1.96. The van der Waals surface area contributed by atoms with Gasteiger partial charge in [-0.05, 0) is 32.3 Å². The minimum atomic E-state index is 0.0858. The number of hydrogen-bond acceptors (Lipinski definition) is 11. The molecule has 11 heteroatoms. The van der Waals surface area contributed by atoms with Crippen LogP contribution < -0.4 is 24.9 Å². The first-order chi connectivity index (χ1) is 17.6. The average Bonchev–Trinajstić information content (AvgIpc) is 3.54. The second-order valence-corrected chi connectivity index (χ2v) is 10.7. The zero-order valence-electron chi connectivity index (χ0n) is 21.4. The van der Waals surface area contributed by atoms with Gasteiger partial charge in [-0.2, -0.15) is 9.97 Å². The predicted molar refractivity (Wildman–Crippen MR) is 148 cm³/mol. The van der Waals surface area contributed by atoms with Crippen molar-refractivity contribution >= 4 is 41.4 Å². The summed E-state index contributed by atoms with van der Waals surface area (Å²) in [6, 6.07) is 4.12. The molecule has 0 unspecified atom stereocenters. The number of rotatable bonds is 7. The molecule has 3 aliphatic heterocycles. The molecule has 0 saturated carbocycles. The molecular weight excluding hydrogens is 474 g/mol. The van der Waals surface area contributed by atoms with Crippen LogP contribution in [0.5, 0.6) is 0 Å². The number of hydrogen-bond donors (Lipinski definition) is 2. The van der Waals surface area contributed by atoms with Crippen LogP contribution in [-0.4, -0.2) is 96.9 Å². The van der Waals surface area contributed by atoms with Crippen molar-refractivity contribution in [3.05, 3.63) is 28.4 Å². The lowest BCUT2D eigenvalue weighted by molar-refractivity contribution is 0.304. The summed E-state index contributed by atoms with van der Waals surface area (Å²) < 4.78 is 0. The van der Waals surface area contributed by atoms with E-state index in [0.717, 1.165) is 93.0 Å². The third-order valence-electron chi connectivity index (χ3n) is 6.84. The van der Waals surface area contributed by atoms with Crippen LogP contribution in [0, 0.1) is 6.92 Å². The lowest BCUT2D eigenvalue weighted by Gasteiger charge is -2.25. The Kier molecular flexibility index (Phi) is 8.08. The zero-order valence-corrected chi connectivity index (χ0v) is 22.2. The molecule has 0 spiro atoms. The van der Waals surface area contributed by atoms with Crippen molar-refractivity contribution in [1.82, 2.24) is 25.3 Å². The van der Waals surface area contributed by atoms with Gasteiger partial charge < -0.3 is 30.0 Å². The molecule has 0 atom stereocenters. The summed E-state index contributed by atoms with van der Waals surface area (Å²) in [5.74, 6) is 4.40. The maximum absolute atomic E-state index is 9.46. The number of thioether (sulfide) groups is 1. The van der Waals surface area contributed by atoms with Crippen molar-refractivity contribution in [3.63, 3.8) is 0 Å². The van der Waals surface area contributed by atoms with Crippen molar-refractivity contribution < 1.29 is 5.11 Å². The Morgan fingerprint density at radius 2 is 1.67 bits per heavy atom. The Labute approximate surface area is 217 Å². The molecule has 0 radical (unpaired) electrons. The van der Waals surface area contributed by atoms with Gasteiger partial charge in [-0.15, -0.1) is 11.8 Å². The van der Waals surface area contributed by atoms with Crippen LogP contribution in [0.1, 0.15) is 30.7 Å². The fourth-order valence-corrected chi connectivity index (χ4v) is 5.64. The highest BCUT2D eigenvalue weighted by molar-refractivity contribution is 8.03. The largest absolute Gasteiger partial charge is 0.395 e. The molecule has 5 heterocycles. The summed E-state index contributed by atoms with van der Waals surface area (Å²) >= 11 is 1.82. The average molecular weight is 512 g/mol. The SMILES string of the molecule is Cc1cc(N2CCCN(c3nc(C=C4CNCS4)cc(N(C)CCO)n3)CC2)nc(N2CCCC2)n1. The van der Waals surface area contributed by atoms with E-state index in [1.54, 1.807) is 0 Å². The summed E-state index contributed by atoms with van der Waals surface area (Å²) in [6.45, 7) is 9.14. The summed E-state index contributed by atoms with van der Waals surface area (Å²) in [5.41, 5.74) is 1.93. The number of anilines is 4. The zero-order chi connectivity index (χ0) is 24.9. The number of aliphatic hydroxyl groups excluding tert-OH is 1. The Balaban J connectivity index is 1.36. The lowest BCUT2D eigenvalue weighted by atomic mass is 10.3. The van der Waals surface area contributed by atoms with Gasteiger partial charge in [0.1, 0.15) is 11.6 Å². The monoisotopic (exact) mass is 511 g/mol. The highest BCUT2D eigenvalue weighted by Crippen LogP contribution is 2.26. The number of likely N-dealkylation sites (N-methyl/N-ethyl adjacent to an activating group) is 1. The number of aromatic nitrogens is 4. The van der Waals surface area contributed by atoms with Crippen LogP contribution in [0.25, 0.3) is 6.08 Å². The molecule has 0 aromatic carbocycles. The Morgan fingerprint density at radius 1 is 0.944 bits per heavy atom. The van der Waals surface area contributed by atoms with E-state index in [1.807, 2.05) is 29.8 Å². The van der Waals surface area contributed by atoms with Crippen molar-refractivity contribution in [2.75, 3.05) is 91.5 Å². The molecule has 2 aromatic rings. The lowest BCUT2D eigenvalue weighted by Crippen LogP contribution is -2.33. The molecule has 194 valence electrons. The van der Waals surface area contributed by atoms with E-state index < -0.39 is 0 Å². The van der Waals surface area contributed by atoms with E-state index in [-0.39, 0.29) is 6.61 Å². The molecule has 3 fully saturated rings. The molecule has 3 aliphatic rings. The van der Waals surface area contributed by atoms with E-state index in [9.17, 15) is 5.11 Å². The van der Waals surface area contributed by atoms with Crippen LogP contribution in [0.15, 0.2) is 17.0 Å². The molecule has 10 nitrogen and oxygen atoms in total. The van der Waals surface area contributed by atoms with Gasteiger partial charge in [0.2, 0.25) is 11.9 Å². The Bertz CT molecular complexity index is 1070. The standard InChI is InChI=1S/C25H37N9OS/c1-19-14-23(30-24(27-19)33-6-3-4-7-33)32-8-5-9-34(11-10-32)25-28-20(15-21-17-26-18-36-21)16-22(29-25)31(2)12-13-35/h14-16,26,35H,3-13,17-18H2,1-2H3. The molecular formula is C25H37N9OS. The first kappa shape index (κ1) is 25.0. The normalized spacial score (nSPS) is 19.9. The van der Waals surface area contributed by atoms with Crippen LogP contribution in [0.3, 0.4) is 0 Å². The molecule has 36 heavy (non-hydrogen) atoms. The first-order valence-electron chi connectivity index (χ1n) is 12.9. The number of nitrogens with one attached hydrogen (secondary N) is 1. The fourth-order valence-electron chi connectivity index (χ4n) is 4.85. The second kappa shape index (κ2) is 11.6. The quantitative estimate of drug-likeness (QED) is 0.571. The summed E-state index contributed by atoms with van der Waals surface area (Å²) in [5, 5.41) is 12.8. The number of nitrogens with zero attached hydrogens (tertiary/aromatic N) is 8. The smallest absolute Gasteiger partial charge is 0.227 e. The van der Waals surface area contributed by atoms with Gasteiger partial charge in [0, 0.05) is 88.0 Å². The van der Waals surface area contributed by atoms with Gasteiger partial charge in [-0.3, -0.25) is 0 Å². The van der Waals surface area contributed by atoms with Crippen molar-refractivity contribution in [3.8, 4) is 0 Å². The highest BCUT2D eigenvalue weighted by atomic mass is 32.2. The highest BCUT2D eigenvalue weighted by Gasteiger charge is 2.22. The fraction of sp³-hybridized carbons (Fsp3) is 0.600.